The summed E-state index contributed by atoms with van der Waals surface area (Å²) in [5.41, 5.74) is 0.654. The lowest BCUT2D eigenvalue weighted by molar-refractivity contribution is -0.118. The average molecular weight is 411 g/mol. The third kappa shape index (κ3) is 4.75. The van der Waals surface area contributed by atoms with E-state index in [0.29, 0.717) is 26.6 Å². The third-order valence-corrected chi connectivity index (χ3v) is 6.17. The van der Waals surface area contributed by atoms with E-state index in [1.807, 2.05) is 13.8 Å². The Balaban J connectivity index is 1.62. The third-order valence-electron chi connectivity index (χ3n) is 3.82. The lowest BCUT2D eigenvalue weighted by Gasteiger charge is -2.17. The van der Waals surface area contributed by atoms with E-state index in [0.717, 1.165) is 12.8 Å². The minimum atomic E-state index is -0.356. The number of carbonyl (C=O) groups excluding carboxylic acids is 2. The number of benzene rings is 1. The summed E-state index contributed by atoms with van der Waals surface area (Å²) >= 11 is 8.61. The van der Waals surface area contributed by atoms with Gasteiger partial charge in [0, 0.05) is 23.2 Å². The first-order valence-corrected chi connectivity index (χ1v) is 10.4. The number of thioether (sulfide) groups is 1. The summed E-state index contributed by atoms with van der Waals surface area (Å²) in [5, 5.41) is 12.0. The Morgan fingerprint density at radius 1 is 1.42 bits per heavy atom. The van der Waals surface area contributed by atoms with Crippen LogP contribution < -0.4 is 10.2 Å². The molecular weight excluding hydrogens is 392 g/mol. The van der Waals surface area contributed by atoms with E-state index in [2.05, 4.69) is 15.5 Å². The van der Waals surface area contributed by atoms with Crippen molar-refractivity contribution in [1.82, 2.24) is 10.2 Å². The van der Waals surface area contributed by atoms with Gasteiger partial charge in [0.25, 0.3) is 0 Å². The van der Waals surface area contributed by atoms with Gasteiger partial charge in [-0.1, -0.05) is 47.7 Å². The van der Waals surface area contributed by atoms with E-state index in [9.17, 15) is 9.59 Å². The topological polar surface area (TPSA) is 75.2 Å². The van der Waals surface area contributed by atoms with Gasteiger partial charge < -0.3 is 5.32 Å². The van der Waals surface area contributed by atoms with Crippen molar-refractivity contribution >= 4 is 57.3 Å². The number of hydrogen-bond donors (Lipinski definition) is 1. The second-order valence-corrected chi connectivity index (χ2v) is 8.94. The zero-order valence-electron chi connectivity index (χ0n) is 14.4. The van der Waals surface area contributed by atoms with Gasteiger partial charge in [-0.15, -0.1) is 10.2 Å². The molecule has 0 saturated heterocycles. The molecule has 2 amide bonds. The molecule has 0 unspecified atom stereocenters. The molecule has 2 aromatic rings. The molecule has 1 aromatic carbocycles. The summed E-state index contributed by atoms with van der Waals surface area (Å²) in [6.45, 7) is 3.65. The predicted molar refractivity (Wildman–Crippen MR) is 106 cm³/mol. The van der Waals surface area contributed by atoms with E-state index in [4.69, 9.17) is 11.6 Å². The molecule has 3 rings (SSSR count). The lowest BCUT2D eigenvalue weighted by atomic mass is 10.3. The molecule has 6 nitrogen and oxygen atoms in total. The number of nitrogens with one attached hydrogen (secondary N) is 1. The van der Waals surface area contributed by atoms with Gasteiger partial charge in [-0.05, 0) is 38.0 Å². The Labute approximate surface area is 165 Å². The summed E-state index contributed by atoms with van der Waals surface area (Å²) in [6, 6.07) is 7.26. The summed E-state index contributed by atoms with van der Waals surface area (Å²) in [6.07, 6.45) is 2.45. The average Bonchev–Trinajstić information content (AvgIpc) is 3.34. The van der Waals surface area contributed by atoms with E-state index < -0.39 is 0 Å². The number of nitrogens with zero attached hydrogens (tertiary/aromatic N) is 3. The molecule has 0 spiro atoms. The summed E-state index contributed by atoms with van der Waals surface area (Å²) in [7, 11) is 0. The first-order chi connectivity index (χ1) is 12.5. The van der Waals surface area contributed by atoms with Crippen LogP contribution in [-0.2, 0) is 9.59 Å². The number of rotatable bonds is 7. The van der Waals surface area contributed by atoms with E-state index in [1.54, 1.807) is 29.2 Å². The second-order valence-electron chi connectivity index (χ2n) is 5.96. The van der Waals surface area contributed by atoms with E-state index in [-0.39, 0.29) is 23.1 Å². The smallest absolute Gasteiger partial charge is 0.237 e. The molecule has 138 valence electrons. The standard InChI is InChI=1S/C17H19ClN4O2S2/c1-3-14(23)22(13-7-8-13)16-20-21-17(26-16)25-10(2)15(24)19-12-6-4-5-11(18)9-12/h4-6,9-10,13H,3,7-8H2,1-2H3,(H,19,24)/t10-/m0/s1. The van der Waals surface area contributed by atoms with Crippen molar-refractivity contribution in [3.8, 4) is 0 Å². The molecule has 0 bridgehead atoms. The van der Waals surface area contributed by atoms with Crippen LogP contribution in [-0.4, -0.2) is 33.3 Å². The maximum absolute atomic E-state index is 12.4. The van der Waals surface area contributed by atoms with Gasteiger partial charge in [0.05, 0.1) is 5.25 Å². The summed E-state index contributed by atoms with van der Waals surface area (Å²) in [5.74, 6) is -0.0790. The molecule has 26 heavy (non-hydrogen) atoms. The number of aromatic nitrogens is 2. The fourth-order valence-corrected chi connectivity index (χ4v) is 4.60. The monoisotopic (exact) mass is 410 g/mol. The van der Waals surface area contributed by atoms with Crippen LogP contribution in [0.15, 0.2) is 28.6 Å². The van der Waals surface area contributed by atoms with Crippen LogP contribution in [0.5, 0.6) is 0 Å². The largest absolute Gasteiger partial charge is 0.325 e. The quantitative estimate of drug-likeness (QED) is 0.546. The zero-order valence-corrected chi connectivity index (χ0v) is 16.8. The molecular formula is C17H19ClN4O2S2. The highest BCUT2D eigenvalue weighted by atomic mass is 35.5. The number of hydrogen-bond acceptors (Lipinski definition) is 6. The molecule has 1 saturated carbocycles. The number of amides is 2. The van der Waals surface area contributed by atoms with E-state index in [1.165, 1.54) is 23.1 Å². The van der Waals surface area contributed by atoms with Crippen molar-refractivity contribution in [2.75, 3.05) is 10.2 Å². The van der Waals surface area contributed by atoms with Gasteiger partial charge in [0.1, 0.15) is 0 Å². The van der Waals surface area contributed by atoms with Crippen LogP contribution in [0.3, 0.4) is 0 Å². The Morgan fingerprint density at radius 2 is 2.19 bits per heavy atom. The van der Waals surface area contributed by atoms with Crippen LogP contribution in [0.2, 0.25) is 5.02 Å². The van der Waals surface area contributed by atoms with E-state index >= 15 is 0 Å². The van der Waals surface area contributed by atoms with Crippen molar-refractivity contribution in [2.45, 2.75) is 48.7 Å². The van der Waals surface area contributed by atoms with Crippen LogP contribution in [0.25, 0.3) is 0 Å². The maximum atomic E-state index is 12.4. The fraction of sp³-hybridized carbons (Fsp3) is 0.412. The Morgan fingerprint density at radius 3 is 2.85 bits per heavy atom. The Hall–Kier alpha value is -1.64. The maximum Gasteiger partial charge on any atom is 0.237 e. The molecule has 1 aliphatic carbocycles. The molecule has 1 fully saturated rings. The van der Waals surface area contributed by atoms with Crippen molar-refractivity contribution in [3.63, 3.8) is 0 Å². The van der Waals surface area contributed by atoms with Crippen LogP contribution in [0.4, 0.5) is 10.8 Å². The summed E-state index contributed by atoms with van der Waals surface area (Å²) < 4.78 is 0.670. The second kappa shape index (κ2) is 8.37. The number of carbonyl (C=O) groups is 2. The molecule has 1 aliphatic rings. The molecule has 1 atom stereocenters. The van der Waals surface area contributed by atoms with Gasteiger partial charge >= 0.3 is 0 Å². The Bertz CT molecular complexity index is 810. The van der Waals surface area contributed by atoms with Gasteiger partial charge in [0.2, 0.25) is 16.9 Å². The van der Waals surface area contributed by atoms with Crippen molar-refractivity contribution < 1.29 is 9.59 Å². The van der Waals surface area contributed by atoms with Crippen LogP contribution in [0, 0.1) is 0 Å². The molecule has 1 N–H and O–H groups in total. The molecule has 1 heterocycles. The van der Waals surface area contributed by atoms with Gasteiger partial charge in [-0.2, -0.15) is 0 Å². The molecule has 9 heteroatoms. The minimum absolute atomic E-state index is 0.0620. The van der Waals surface area contributed by atoms with Gasteiger partial charge in [0.15, 0.2) is 4.34 Å². The lowest BCUT2D eigenvalue weighted by Crippen LogP contribution is -2.32. The highest BCUT2D eigenvalue weighted by molar-refractivity contribution is 8.02. The number of halogens is 1. The fourth-order valence-electron chi connectivity index (χ4n) is 2.33. The summed E-state index contributed by atoms with van der Waals surface area (Å²) in [4.78, 5) is 26.3. The zero-order chi connectivity index (χ0) is 18.7. The van der Waals surface area contributed by atoms with Gasteiger partial charge in [-0.25, -0.2) is 0 Å². The first-order valence-electron chi connectivity index (χ1n) is 8.36. The number of anilines is 2. The molecule has 0 aliphatic heterocycles. The highest BCUT2D eigenvalue weighted by Gasteiger charge is 2.35. The normalized spacial score (nSPS) is 14.7. The van der Waals surface area contributed by atoms with Crippen LogP contribution >= 0.6 is 34.7 Å². The highest BCUT2D eigenvalue weighted by Crippen LogP contribution is 2.37. The first kappa shape index (κ1) is 19.1. The Kier molecular flexibility index (Phi) is 6.16. The SMILES string of the molecule is CCC(=O)N(c1nnc(S[C@@H](C)C(=O)Nc2cccc(Cl)c2)s1)C1CC1. The minimum Gasteiger partial charge on any atom is -0.325 e. The van der Waals surface area contributed by atoms with Crippen molar-refractivity contribution in [3.05, 3.63) is 29.3 Å². The molecule has 1 aromatic heterocycles. The predicted octanol–water partition coefficient (Wildman–Crippen LogP) is 4.22. The van der Waals surface area contributed by atoms with Gasteiger partial charge in [-0.3, -0.25) is 14.5 Å². The van der Waals surface area contributed by atoms with Crippen molar-refractivity contribution in [2.24, 2.45) is 0 Å². The van der Waals surface area contributed by atoms with Crippen LogP contribution in [0.1, 0.15) is 33.1 Å². The van der Waals surface area contributed by atoms with Crippen molar-refractivity contribution in [1.29, 1.82) is 0 Å². The molecule has 0 radical (unpaired) electrons.